The molecule has 0 aliphatic rings. The minimum atomic E-state index is -2.36. The Balaban J connectivity index is 2.60. The summed E-state index contributed by atoms with van der Waals surface area (Å²) in [5.74, 6) is -0.357. The summed E-state index contributed by atoms with van der Waals surface area (Å²) in [5.41, 5.74) is 0.867. The van der Waals surface area contributed by atoms with E-state index in [1.54, 1.807) is 7.05 Å². The van der Waals surface area contributed by atoms with Crippen molar-refractivity contribution >= 4 is 0 Å². The van der Waals surface area contributed by atoms with E-state index >= 15 is 0 Å². The Labute approximate surface area is 94.1 Å². The largest absolute Gasteiger partial charge is 0.299 e. The summed E-state index contributed by atoms with van der Waals surface area (Å²) in [6.45, 7) is 0.0237. The highest BCUT2D eigenvalue weighted by Gasteiger charge is 2.15. The number of alkyl halides is 2. The van der Waals surface area contributed by atoms with Gasteiger partial charge in [0.1, 0.15) is 0 Å². The minimum Gasteiger partial charge on any atom is -0.299 e. The predicted molar refractivity (Wildman–Crippen MR) is 58.3 cm³/mol. The van der Waals surface area contributed by atoms with Crippen molar-refractivity contribution in [1.82, 2.24) is 4.90 Å². The first-order valence-corrected chi connectivity index (χ1v) is 5.04. The third-order valence-corrected chi connectivity index (χ3v) is 2.30. The van der Waals surface area contributed by atoms with Crippen molar-refractivity contribution in [2.75, 3.05) is 20.1 Å². The number of nitrogens with zero attached hydrogens (tertiary/aromatic N) is 2. The molecule has 0 spiro atoms. The van der Waals surface area contributed by atoms with Gasteiger partial charge in [-0.3, -0.25) is 4.90 Å². The van der Waals surface area contributed by atoms with Gasteiger partial charge in [0.05, 0.1) is 18.5 Å². The van der Waals surface area contributed by atoms with Crippen molar-refractivity contribution in [1.29, 1.82) is 5.26 Å². The van der Waals surface area contributed by atoms with E-state index in [2.05, 4.69) is 6.07 Å². The van der Waals surface area contributed by atoms with E-state index in [-0.39, 0.29) is 12.5 Å². The average molecular weight is 224 g/mol. The summed E-state index contributed by atoms with van der Waals surface area (Å²) in [7, 11) is 1.60. The molecule has 0 radical (unpaired) electrons. The molecule has 0 amide bonds. The molecule has 0 N–H and O–H groups in total. The van der Waals surface area contributed by atoms with Gasteiger partial charge < -0.3 is 0 Å². The molecule has 16 heavy (non-hydrogen) atoms. The molecule has 0 saturated carbocycles. The summed E-state index contributed by atoms with van der Waals surface area (Å²) in [6.07, 6.45) is -2.36. The average Bonchev–Trinajstić information content (AvgIpc) is 2.26. The topological polar surface area (TPSA) is 27.0 Å². The maximum Gasteiger partial charge on any atom is 0.251 e. The van der Waals surface area contributed by atoms with Crippen molar-refractivity contribution < 1.29 is 8.78 Å². The van der Waals surface area contributed by atoms with E-state index in [1.807, 2.05) is 30.3 Å². The highest BCUT2D eigenvalue weighted by Crippen LogP contribution is 2.15. The molecule has 0 bridgehead atoms. The monoisotopic (exact) mass is 224 g/mol. The van der Waals surface area contributed by atoms with E-state index in [0.717, 1.165) is 5.56 Å². The minimum absolute atomic E-state index is 0.301. The molecule has 0 aliphatic carbocycles. The second-order valence-corrected chi connectivity index (χ2v) is 3.70. The quantitative estimate of drug-likeness (QED) is 0.768. The fraction of sp³-hybridized carbons (Fsp3) is 0.417. The lowest BCUT2D eigenvalue weighted by Gasteiger charge is -2.19. The lowest BCUT2D eigenvalue weighted by atomic mass is 10.0. The van der Waals surface area contributed by atoms with Gasteiger partial charge in [-0.1, -0.05) is 30.3 Å². The van der Waals surface area contributed by atoms with Gasteiger partial charge in [0.15, 0.2) is 0 Å². The smallest absolute Gasteiger partial charge is 0.251 e. The fourth-order valence-corrected chi connectivity index (χ4v) is 1.53. The zero-order valence-electron chi connectivity index (χ0n) is 9.11. The maximum absolute atomic E-state index is 12.1. The molecule has 0 heterocycles. The molecule has 1 atom stereocenters. The number of rotatable bonds is 5. The highest BCUT2D eigenvalue weighted by atomic mass is 19.3. The molecule has 0 fully saturated rings. The van der Waals surface area contributed by atoms with Gasteiger partial charge in [-0.25, -0.2) is 8.78 Å². The van der Waals surface area contributed by atoms with E-state index in [0.29, 0.717) is 6.54 Å². The standard InChI is InChI=1S/C12H14F2N2/c1-16(9-12(13)14)8-11(7-15)10-5-3-2-4-6-10/h2-6,11-12H,8-9H2,1H3. The van der Waals surface area contributed by atoms with Crippen LogP contribution >= 0.6 is 0 Å². The first-order chi connectivity index (χ1) is 7.63. The van der Waals surface area contributed by atoms with Gasteiger partial charge in [0.2, 0.25) is 0 Å². The number of benzene rings is 1. The second kappa shape index (κ2) is 6.19. The van der Waals surface area contributed by atoms with Gasteiger partial charge in [0, 0.05) is 6.54 Å². The molecular formula is C12H14F2N2. The van der Waals surface area contributed by atoms with Crippen LogP contribution in [-0.4, -0.2) is 31.5 Å². The first kappa shape index (κ1) is 12.6. The summed E-state index contributed by atoms with van der Waals surface area (Å²) >= 11 is 0. The highest BCUT2D eigenvalue weighted by molar-refractivity contribution is 5.25. The van der Waals surface area contributed by atoms with Crippen LogP contribution in [0.2, 0.25) is 0 Å². The molecule has 1 rings (SSSR count). The van der Waals surface area contributed by atoms with Gasteiger partial charge in [-0.2, -0.15) is 5.26 Å². The SMILES string of the molecule is CN(CC(F)F)CC(C#N)c1ccccc1. The predicted octanol–water partition coefficient (Wildman–Crippen LogP) is 2.49. The Hall–Kier alpha value is -1.47. The summed E-state index contributed by atoms with van der Waals surface area (Å²) < 4.78 is 24.2. The third-order valence-electron chi connectivity index (χ3n) is 2.30. The third kappa shape index (κ3) is 3.95. The Morgan fingerprint density at radius 3 is 2.38 bits per heavy atom. The van der Waals surface area contributed by atoms with Gasteiger partial charge in [0.25, 0.3) is 6.43 Å². The van der Waals surface area contributed by atoms with Crippen LogP contribution in [0, 0.1) is 11.3 Å². The molecule has 0 aromatic heterocycles. The van der Waals surface area contributed by atoms with E-state index in [9.17, 15) is 8.78 Å². The normalized spacial score (nSPS) is 12.8. The fourth-order valence-electron chi connectivity index (χ4n) is 1.53. The Bertz CT molecular complexity index is 346. The summed E-state index contributed by atoms with van der Waals surface area (Å²) in [6, 6.07) is 11.4. The number of halogens is 2. The zero-order chi connectivity index (χ0) is 12.0. The molecule has 1 aromatic carbocycles. The first-order valence-electron chi connectivity index (χ1n) is 5.04. The van der Waals surface area contributed by atoms with Crippen LogP contribution in [0.4, 0.5) is 8.78 Å². The number of hydrogen-bond acceptors (Lipinski definition) is 2. The Morgan fingerprint density at radius 1 is 1.25 bits per heavy atom. The van der Waals surface area contributed by atoms with Crippen LogP contribution in [0.1, 0.15) is 11.5 Å². The Kier molecular flexibility index (Phi) is 4.87. The molecule has 2 nitrogen and oxygen atoms in total. The van der Waals surface area contributed by atoms with Gasteiger partial charge >= 0.3 is 0 Å². The van der Waals surface area contributed by atoms with Gasteiger partial charge in [-0.15, -0.1) is 0 Å². The molecule has 1 unspecified atom stereocenters. The molecular weight excluding hydrogens is 210 g/mol. The van der Waals surface area contributed by atoms with Crippen molar-refractivity contribution in [3.05, 3.63) is 35.9 Å². The van der Waals surface area contributed by atoms with Crippen molar-refractivity contribution in [3.63, 3.8) is 0 Å². The van der Waals surface area contributed by atoms with Crippen LogP contribution in [0.3, 0.4) is 0 Å². The molecule has 0 saturated heterocycles. The van der Waals surface area contributed by atoms with Crippen molar-refractivity contribution in [2.45, 2.75) is 12.3 Å². The zero-order valence-corrected chi connectivity index (χ0v) is 9.11. The number of likely N-dealkylation sites (N-methyl/N-ethyl adjacent to an activating group) is 1. The van der Waals surface area contributed by atoms with Crippen LogP contribution in [0.5, 0.6) is 0 Å². The van der Waals surface area contributed by atoms with E-state index in [4.69, 9.17) is 5.26 Å². The molecule has 4 heteroatoms. The van der Waals surface area contributed by atoms with Crippen LogP contribution in [-0.2, 0) is 0 Å². The van der Waals surface area contributed by atoms with Gasteiger partial charge in [-0.05, 0) is 12.6 Å². The van der Waals surface area contributed by atoms with Crippen LogP contribution in [0.15, 0.2) is 30.3 Å². The van der Waals surface area contributed by atoms with Crippen molar-refractivity contribution in [2.24, 2.45) is 0 Å². The second-order valence-electron chi connectivity index (χ2n) is 3.70. The summed E-state index contributed by atoms with van der Waals surface area (Å²) in [4.78, 5) is 1.48. The van der Waals surface area contributed by atoms with E-state index < -0.39 is 6.43 Å². The lowest BCUT2D eigenvalue weighted by molar-refractivity contribution is 0.0995. The maximum atomic E-state index is 12.1. The number of hydrogen-bond donors (Lipinski definition) is 0. The molecule has 0 aliphatic heterocycles. The van der Waals surface area contributed by atoms with E-state index in [1.165, 1.54) is 4.90 Å². The number of nitriles is 1. The summed E-state index contributed by atoms with van der Waals surface area (Å²) in [5, 5.41) is 9.00. The Morgan fingerprint density at radius 2 is 1.88 bits per heavy atom. The van der Waals surface area contributed by atoms with Crippen molar-refractivity contribution in [3.8, 4) is 6.07 Å². The van der Waals surface area contributed by atoms with Crippen LogP contribution < -0.4 is 0 Å². The van der Waals surface area contributed by atoms with Crippen LogP contribution in [0.25, 0.3) is 0 Å². The molecule has 1 aromatic rings. The molecule has 86 valence electrons. The lowest BCUT2D eigenvalue weighted by Crippen LogP contribution is -2.28.